The minimum Gasteiger partial charge on any atom is -0.465 e. The summed E-state index contributed by atoms with van der Waals surface area (Å²) in [6.45, 7) is 0. The number of aliphatic imine (C=N–C) groups is 1. The quantitative estimate of drug-likeness (QED) is 0.642. The molecule has 1 aliphatic carbocycles. The number of hydrogen-bond acceptors (Lipinski definition) is 3. The molecule has 1 unspecified atom stereocenters. The SMILES string of the molecule is C1CCCCC1.O=C(O)NC1N=C(c2ccccc2)c2cc(Cl)ccc2NC1=O. The van der Waals surface area contributed by atoms with Crippen LogP contribution in [0.3, 0.4) is 0 Å². The first-order chi connectivity index (χ1) is 14.0. The molecule has 0 radical (unpaired) electrons. The van der Waals surface area contributed by atoms with E-state index in [0.29, 0.717) is 22.0 Å². The van der Waals surface area contributed by atoms with Crippen molar-refractivity contribution < 1.29 is 14.7 Å². The lowest BCUT2D eigenvalue weighted by Gasteiger charge is -2.10. The maximum atomic E-state index is 12.2. The summed E-state index contributed by atoms with van der Waals surface area (Å²) in [7, 11) is 0. The summed E-state index contributed by atoms with van der Waals surface area (Å²) in [5.41, 5.74) is 2.40. The number of fused-ring (bicyclic) bond motifs is 1. The molecule has 29 heavy (non-hydrogen) atoms. The molecule has 0 bridgehead atoms. The summed E-state index contributed by atoms with van der Waals surface area (Å²) in [6.07, 6.45) is 6.43. The predicted molar refractivity (Wildman–Crippen MR) is 115 cm³/mol. The number of benzodiazepines with no additional fused rings is 1. The van der Waals surface area contributed by atoms with Crippen LogP contribution in [0.15, 0.2) is 53.5 Å². The number of hydrogen-bond donors (Lipinski definition) is 3. The minimum absolute atomic E-state index is 0.486. The highest BCUT2D eigenvalue weighted by atomic mass is 35.5. The van der Waals surface area contributed by atoms with E-state index >= 15 is 0 Å². The Morgan fingerprint density at radius 1 is 1.03 bits per heavy atom. The van der Waals surface area contributed by atoms with Crippen molar-refractivity contribution >= 4 is 35.0 Å². The molecule has 3 N–H and O–H groups in total. The highest BCUT2D eigenvalue weighted by Crippen LogP contribution is 2.27. The molecule has 4 rings (SSSR count). The molecule has 2 amide bonds. The van der Waals surface area contributed by atoms with E-state index in [2.05, 4.69) is 15.6 Å². The third-order valence-corrected chi connectivity index (χ3v) is 5.04. The molecule has 0 spiro atoms. The zero-order valence-electron chi connectivity index (χ0n) is 16.0. The van der Waals surface area contributed by atoms with Crippen LogP contribution < -0.4 is 10.6 Å². The van der Waals surface area contributed by atoms with Crippen molar-refractivity contribution in [3.05, 3.63) is 64.7 Å². The number of carbonyl (C=O) groups is 2. The van der Waals surface area contributed by atoms with E-state index in [-0.39, 0.29) is 0 Å². The molecule has 1 aliphatic heterocycles. The molecule has 6 nitrogen and oxygen atoms in total. The fraction of sp³-hybridized carbons (Fsp3) is 0.318. The zero-order valence-corrected chi connectivity index (χ0v) is 16.8. The fourth-order valence-electron chi connectivity index (χ4n) is 3.38. The summed E-state index contributed by atoms with van der Waals surface area (Å²) in [4.78, 5) is 27.4. The van der Waals surface area contributed by atoms with Crippen molar-refractivity contribution in [3.63, 3.8) is 0 Å². The van der Waals surface area contributed by atoms with Gasteiger partial charge in [-0.25, -0.2) is 9.79 Å². The summed E-state index contributed by atoms with van der Waals surface area (Å²) in [5, 5.41) is 14.2. The highest BCUT2D eigenvalue weighted by Gasteiger charge is 2.27. The van der Waals surface area contributed by atoms with E-state index in [1.807, 2.05) is 30.3 Å². The van der Waals surface area contributed by atoms with Crippen LogP contribution in [0.2, 0.25) is 5.02 Å². The van der Waals surface area contributed by atoms with Gasteiger partial charge in [-0.1, -0.05) is 80.5 Å². The van der Waals surface area contributed by atoms with E-state index in [1.165, 1.54) is 38.5 Å². The number of carbonyl (C=O) groups excluding carboxylic acids is 1. The maximum Gasteiger partial charge on any atom is 0.406 e. The molecule has 2 aliphatic rings. The van der Waals surface area contributed by atoms with Crippen LogP contribution in [0.4, 0.5) is 10.5 Å². The Labute approximate surface area is 175 Å². The fourth-order valence-corrected chi connectivity index (χ4v) is 3.55. The van der Waals surface area contributed by atoms with Crippen molar-refractivity contribution in [2.24, 2.45) is 4.99 Å². The van der Waals surface area contributed by atoms with Crippen molar-refractivity contribution in [1.82, 2.24) is 5.32 Å². The molecule has 2 aromatic carbocycles. The second-order valence-electron chi connectivity index (χ2n) is 7.00. The van der Waals surface area contributed by atoms with Crippen molar-refractivity contribution in [3.8, 4) is 0 Å². The monoisotopic (exact) mass is 413 g/mol. The Morgan fingerprint density at radius 2 is 1.66 bits per heavy atom. The number of amides is 2. The van der Waals surface area contributed by atoms with Crippen molar-refractivity contribution in [2.45, 2.75) is 44.7 Å². The Morgan fingerprint density at radius 3 is 2.24 bits per heavy atom. The number of anilines is 1. The molecule has 0 saturated heterocycles. The lowest BCUT2D eigenvalue weighted by Crippen LogP contribution is -2.41. The Hall–Kier alpha value is -2.86. The first-order valence-electron chi connectivity index (χ1n) is 9.78. The number of rotatable bonds is 2. The van der Waals surface area contributed by atoms with E-state index in [1.54, 1.807) is 18.2 Å². The van der Waals surface area contributed by atoms with Crippen LogP contribution in [0, 0.1) is 0 Å². The maximum absolute atomic E-state index is 12.2. The van der Waals surface area contributed by atoms with Gasteiger partial charge in [0.2, 0.25) is 6.17 Å². The van der Waals surface area contributed by atoms with Crippen molar-refractivity contribution in [2.75, 3.05) is 5.32 Å². The molecule has 1 atom stereocenters. The van der Waals surface area contributed by atoms with Crippen LogP contribution in [0.25, 0.3) is 0 Å². The average molecular weight is 414 g/mol. The number of benzene rings is 2. The van der Waals surface area contributed by atoms with Gasteiger partial charge in [0.05, 0.1) is 11.4 Å². The minimum atomic E-state index is -1.33. The van der Waals surface area contributed by atoms with Crippen LogP contribution in [0.5, 0.6) is 0 Å². The lowest BCUT2D eigenvalue weighted by molar-refractivity contribution is -0.117. The largest absolute Gasteiger partial charge is 0.465 e. The molecular formula is C22H24ClN3O3. The van der Waals surface area contributed by atoms with Gasteiger partial charge in [0.25, 0.3) is 5.91 Å². The zero-order chi connectivity index (χ0) is 20.6. The van der Waals surface area contributed by atoms with Gasteiger partial charge < -0.3 is 10.4 Å². The van der Waals surface area contributed by atoms with Crippen molar-refractivity contribution in [1.29, 1.82) is 0 Å². The van der Waals surface area contributed by atoms with Gasteiger partial charge in [-0.15, -0.1) is 0 Å². The average Bonchev–Trinajstić information content (AvgIpc) is 2.87. The van der Waals surface area contributed by atoms with Gasteiger partial charge in [0, 0.05) is 16.1 Å². The summed E-state index contributed by atoms with van der Waals surface area (Å²) >= 11 is 6.06. The Kier molecular flexibility index (Phi) is 7.25. The molecule has 1 saturated carbocycles. The highest BCUT2D eigenvalue weighted by molar-refractivity contribution is 6.32. The third-order valence-electron chi connectivity index (χ3n) is 4.81. The molecule has 152 valence electrons. The molecule has 1 heterocycles. The Bertz CT molecular complexity index is 884. The number of halogens is 1. The van der Waals surface area contributed by atoms with Crippen LogP contribution >= 0.6 is 11.6 Å². The molecule has 1 fully saturated rings. The number of nitrogens with zero attached hydrogens (tertiary/aromatic N) is 1. The normalized spacial score (nSPS) is 18.2. The second kappa shape index (κ2) is 10.1. The van der Waals surface area contributed by atoms with Crippen LogP contribution in [-0.4, -0.2) is 29.0 Å². The summed E-state index contributed by atoms with van der Waals surface area (Å²) in [6, 6.07) is 14.2. The second-order valence-corrected chi connectivity index (χ2v) is 7.43. The summed E-state index contributed by atoms with van der Waals surface area (Å²) in [5.74, 6) is -0.554. The van der Waals surface area contributed by atoms with Crippen LogP contribution in [-0.2, 0) is 4.79 Å². The van der Waals surface area contributed by atoms with E-state index in [0.717, 1.165) is 5.56 Å². The first-order valence-corrected chi connectivity index (χ1v) is 10.2. The molecular weight excluding hydrogens is 390 g/mol. The van der Waals surface area contributed by atoms with Gasteiger partial charge in [-0.05, 0) is 18.2 Å². The standard InChI is InChI=1S/C16H12ClN3O3.C6H12/c17-10-6-7-12-11(8-10)13(9-4-2-1-3-5-9)19-14(15(21)18-12)20-16(22)23;1-2-4-6-5-3-1/h1-8,14,20H,(H,18,21)(H,22,23);1-6H2. The van der Waals surface area contributed by atoms with E-state index in [9.17, 15) is 9.59 Å². The van der Waals surface area contributed by atoms with Gasteiger partial charge in [-0.3, -0.25) is 10.1 Å². The lowest BCUT2D eigenvalue weighted by atomic mass is 10.0. The van der Waals surface area contributed by atoms with Gasteiger partial charge in [0.15, 0.2) is 0 Å². The third kappa shape index (κ3) is 5.81. The topological polar surface area (TPSA) is 90.8 Å². The number of nitrogens with one attached hydrogen (secondary N) is 2. The van der Waals surface area contributed by atoms with Gasteiger partial charge >= 0.3 is 6.09 Å². The molecule has 2 aromatic rings. The van der Waals surface area contributed by atoms with E-state index in [4.69, 9.17) is 16.7 Å². The van der Waals surface area contributed by atoms with Gasteiger partial charge in [0.1, 0.15) is 0 Å². The van der Waals surface area contributed by atoms with Crippen LogP contribution in [0.1, 0.15) is 49.7 Å². The molecule has 0 aromatic heterocycles. The first kappa shape index (κ1) is 20.9. The number of carboxylic acid groups (broad SMARTS) is 1. The summed E-state index contributed by atoms with van der Waals surface area (Å²) < 4.78 is 0. The van der Waals surface area contributed by atoms with Gasteiger partial charge in [-0.2, -0.15) is 0 Å². The predicted octanol–water partition coefficient (Wildman–Crippen LogP) is 5.06. The Balaban J connectivity index is 0.000000343. The molecule has 7 heteroatoms. The smallest absolute Gasteiger partial charge is 0.406 e. The van der Waals surface area contributed by atoms with E-state index < -0.39 is 18.2 Å².